The average molecular weight is 443 g/mol. The van der Waals surface area contributed by atoms with Gasteiger partial charge in [-0.25, -0.2) is 0 Å². The molecule has 2 atom stereocenters. The van der Waals surface area contributed by atoms with Crippen molar-refractivity contribution in [2.24, 2.45) is 5.92 Å². The molecule has 0 aliphatic carbocycles. The summed E-state index contributed by atoms with van der Waals surface area (Å²) in [5.41, 5.74) is 7.77. The molecule has 0 spiro atoms. The van der Waals surface area contributed by atoms with Crippen molar-refractivity contribution >= 4 is 16.1 Å². The molecule has 0 aliphatic rings. The smallest absolute Gasteiger partial charge is 0.131 e. The maximum Gasteiger partial charge on any atom is 0.137 e. The third kappa shape index (κ3) is 6.60. The summed E-state index contributed by atoms with van der Waals surface area (Å²) in [7, 11) is -2.80. The minimum absolute atomic E-state index is 0.223. The molecular formula is C28H50Si2. The Morgan fingerprint density at radius 3 is 1.60 bits per heavy atom. The van der Waals surface area contributed by atoms with Crippen LogP contribution in [0.25, 0.3) is 0 Å². The van der Waals surface area contributed by atoms with E-state index in [1.54, 1.807) is 0 Å². The van der Waals surface area contributed by atoms with Crippen LogP contribution < -0.4 is 0 Å². The first-order valence-electron chi connectivity index (χ1n) is 12.7. The summed E-state index contributed by atoms with van der Waals surface area (Å²) < 4.78 is 0. The quantitative estimate of drug-likeness (QED) is 0.250. The summed E-state index contributed by atoms with van der Waals surface area (Å²) >= 11 is 0. The molecule has 2 heteroatoms. The lowest BCUT2D eigenvalue weighted by atomic mass is 9.86. The Labute approximate surface area is 191 Å². The van der Waals surface area contributed by atoms with Gasteiger partial charge in [0.1, 0.15) is 8.07 Å². The van der Waals surface area contributed by atoms with Crippen molar-refractivity contribution < 1.29 is 0 Å². The zero-order valence-electron chi connectivity index (χ0n) is 21.9. The molecule has 0 nitrogen and oxygen atoms in total. The normalized spacial score (nSPS) is 14.7. The topological polar surface area (TPSA) is 0 Å². The zero-order chi connectivity index (χ0) is 23.0. The first-order chi connectivity index (χ1) is 14.1. The van der Waals surface area contributed by atoms with Crippen LogP contribution >= 0.6 is 0 Å². The Hall–Kier alpha value is -0.786. The molecule has 0 aliphatic heterocycles. The highest BCUT2D eigenvalue weighted by molar-refractivity contribution is 6.87. The van der Waals surface area contributed by atoms with Crippen molar-refractivity contribution in [1.82, 2.24) is 0 Å². The Bertz CT molecular complexity index is 660. The molecule has 1 aromatic rings. The lowest BCUT2D eigenvalue weighted by molar-refractivity contribution is 0.574. The first kappa shape index (κ1) is 27.2. The molecule has 0 saturated carbocycles. The number of benzene rings is 1. The molecule has 0 N–H and O–H groups in total. The predicted molar refractivity (Wildman–Crippen MR) is 144 cm³/mol. The predicted octanol–water partition coefficient (Wildman–Crippen LogP) is 9.09. The van der Waals surface area contributed by atoms with Crippen molar-refractivity contribution in [1.29, 1.82) is 0 Å². The summed E-state index contributed by atoms with van der Waals surface area (Å²) in [5.74, 6) is 4.68. The highest BCUT2D eigenvalue weighted by Crippen LogP contribution is 2.40. The van der Waals surface area contributed by atoms with E-state index >= 15 is 0 Å². The van der Waals surface area contributed by atoms with Gasteiger partial charge in [0.25, 0.3) is 0 Å². The van der Waals surface area contributed by atoms with Gasteiger partial charge in [0.15, 0.2) is 0 Å². The van der Waals surface area contributed by atoms with Gasteiger partial charge in [-0.15, -0.1) is 11.5 Å². The van der Waals surface area contributed by atoms with E-state index in [2.05, 4.69) is 105 Å². The van der Waals surface area contributed by atoms with Crippen LogP contribution in [0.2, 0.25) is 41.8 Å². The molecular weight excluding hydrogens is 392 g/mol. The van der Waals surface area contributed by atoms with Gasteiger partial charge in [-0.1, -0.05) is 112 Å². The Kier molecular flexibility index (Phi) is 10.6. The number of hydrogen-bond acceptors (Lipinski definition) is 0. The van der Waals surface area contributed by atoms with Gasteiger partial charge >= 0.3 is 0 Å². The summed E-state index contributed by atoms with van der Waals surface area (Å²) in [4.78, 5) is 0. The zero-order valence-corrected chi connectivity index (χ0v) is 23.9. The van der Waals surface area contributed by atoms with Crippen LogP contribution in [0.15, 0.2) is 24.3 Å². The van der Waals surface area contributed by atoms with Crippen molar-refractivity contribution in [3.63, 3.8) is 0 Å². The number of hydrogen-bond donors (Lipinski definition) is 0. The largest absolute Gasteiger partial charge is 0.137 e. The fourth-order valence-electron chi connectivity index (χ4n) is 5.19. The molecule has 2 unspecified atom stereocenters. The van der Waals surface area contributed by atoms with E-state index in [4.69, 9.17) is 0 Å². The van der Waals surface area contributed by atoms with Gasteiger partial charge in [-0.3, -0.25) is 0 Å². The first-order valence-corrected chi connectivity index (χ1v) is 18.0. The van der Waals surface area contributed by atoms with Crippen molar-refractivity contribution in [2.45, 2.75) is 123 Å². The second-order valence-corrected chi connectivity index (χ2v) is 21.0. The van der Waals surface area contributed by atoms with E-state index in [1.165, 1.54) is 47.4 Å². The summed E-state index contributed by atoms with van der Waals surface area (Å²) in [5, 5.41) is 0. The Morgan fingerprint density at radius 2 is 1.23 bits per heavy atom. The van der Waals surface area contributed by atoms with Crippen LogP contribution in [0.5, 0.6) is 0 Å². The van der Waals surface area contributed by atoms with Gasteiger partial charge in [-0.2, -0.15) is 0 Å². The van der Waals surface area contributed by atoms with Gasteiger partial charge in [-0.05, 0) is 47.0 Å². The van der Waals surface area contributed by atoms with Crippen LogP contribution in [0.1, 0.15) is 80.4 Å². The van der Waals surface area contributed by atoms with E-state index in [1.807, 2.05) is 0 Å². The van der Waals surface area contributed by atoms with Crippen LogP contribution in [-0.2, 0) is 11.8 Å². The van der Waals surface area contributed by atoms with Crippen molar-refractivity contribution in [3.05, 3.63) is 35.4 Å². The molecule has 0 radical (unpaired) electrons. The SMILES string of the molecule is CC[Si](C#CC(C(C)Cc1ccc(C(C)(C)C)cc1)[Si](CC)(CC)CC)(CC)CC. The van der Waals surface area contributed by atoms with Crippen molar-refractivity contribution in [3.8, 4) is 11.5 Å². The minimum Gasteiger partial charge on any atom is -0.131 e. The van der Waals surface area contributed by atoms with E-state index in [9.17, 15) is 0 Å². The maximum atomic E-state index is 4.04. The summed E-state index contributed by atoms with van der Waals surface area (Å²) in [6.07, 6.45) is 1.16. The van der Waals surface area contributed by atoms with Gasteiger partial charge < -0.3 is 0 Å². The van der Waals surface area contributed by atoms with E-state index in [0.717, 1.165) is 6.42 Å². The molecule has 0 saturated heterocycles. The molecule has 1 aromatic carbocycles. The third-order valence-electron chi connectivity index (χ3n) is 8.24. The number of rotatable bonds is 10. The lowest BCUT2D eigenvalue weighted by Crippen LogP contribution is -2.41. The second-order valence-electron chi connectivity index (χ2n) is 10.6. The van der Waals surface area contributed by atoms with Crippen molar-refractivity contribution in [2.75, 3.05) is 0 Å². The van der Waals surface area contributed by atoms with E-state index in [0.29, 0.717) is 11.5 Å². The van der Waals surface area contributed by atoms with Gasteiger partial charge in [0.05, 0.1) is 8.07 Å². The van der Waals surface area contributed by atoms with Crippen LogP contribution in [-0.4, -0.2) is 16.1 Å². The molecule has 0 fully saturated rings. The third-order valence-corrected chi connectivity index (χ3v) is 19.2. The highest BCUT2D eigenvalue weighted by atomic mass is 28.3. The average Bonchev–Trinajstić information content (AvgIpc) is 2.74. The Balaban J connectivity index is 3.28. The summed E-state index contributed by atoms with van der Waals surface area (Å²) in [6.45, 7) is 23.9. The highest BCUT2D eigenvalue weighted by Gasteiger charge is 2.39. The molecule has 0 heterocycles. The fraction of sp³-hybridized carbons (Fsp3) is 0.714. The maximum absolute atomic E-state index is 4.04. The lowest BCUT2D eigenvalue weighted by Gasteiger charge is -2.38. The van der Waals surface area contributed by atoms with E-state index in [-0.39, 0.29) is 5.41 Å². The molecule has 0 aromatic heterocycles. The molecule has 30 heavy (non-hydrogen) atoms. The summed E-state index contributed by atoms with van der Waals surface area (Å²) in [6, 6.07) is 17.5. The Morgan fingerprint density at radius 1 is 0.767 bits per heavy atom. The van der Waals surface area contributed by atoms with Crippen LogP contribution in [0.3, 0.4) is 0 Å². The van der Waals surface area contributed by atoms with Gasteiger partial charge in [0, 0.05) is 5.54 Å². The van der Waals surface area contributed by atoms with Crippen LogP contribution in [0.4, 0.5) is 0 Å². The monoisotopic (exact) mass is 442 g/mol. The minimum atomic E-state index is -1.40. The second kappa shape index (κ2) is 11.7. The molecule has 0 amide bonds. The van der Waals surface area contributed by atoms with Gasteiger partial charge in [0.2, 0.25) is 0 Å². The fourth-order valence-corrected chi connectivity index (χ4v) is 12.3. The van der Waals surface area contributed by atoms with E-state index < -0.39 is 16.1 Å². The van der Waals surface area contributed by atoms with Crippen LogP contribution in [0, 0.1) is 17.4 Å². The molecule has 170 valence electrons. The molecule has 0 bridgehead atoms. The molecule has 1 rings (SSSR count). The standard InChI is InChI=1S/C28H50Si2/c1-11-29(12-2,13-3)22-21-27(30(14-4,15-5)16-6)24(7)23-25-17-19-26(20-18-25)28(8,9)10/h17-20,24,27H,11-16,23H2,1-10H3.